The zero-order chi connectivity index (χ0) is 15.4. The Kier molecular flexibility index (Phi) is 5.12. The zero-order valence-electron chi connectivity index (χ0n) is 12.0. The highest BCUT2D eigenvalue weighted by Crippen LogP contribution is 2.28. The maximum absolute atomic E-state index is 13.9. The molecule has 2 unspecified atom stereocenters. The van der Waals surface area contributed by atoms with E-state index in [0.29, 0.717) is 12.6 Å². The van der Waals surface area contributed by atoms with E-state index in [-0.39, 0.29) is 23.2 Å². The van der Waals surface area contributed by atoms with E-state index in [1.807, 2.05) is 0 Å². The maximum Gasteiger partial charge on any atom is 0.340 e. The number of esters is 1. The minimum atomic E-state index is -0.927. The molecule has 1 saturated carbocycles. The van der Waals surface area contributed by atoms with E-state index in [0.717, 1.165) is 32.8 Å². The van der Waals surface area contributed by atoms with Gasteiger partial charge in [0, 0.05) is 12.1 Å². The Bertz CT molecular complexity index is 523. The molecular weight excluding hydrogens is 278 g/mol. The van der Waals surface area contributed by atoms with Crippen LogP contribution in [0, 0.1) is 17.6 Å². The third kappa shape index (κ3) is 3.50. The smallest absolute Gasteiger partial charge is 0.340 e. The lowest BCUT2D eigenvalue weighted by atomic mass is 9.84. The lowest BCUT2D eigenvalue weighted by Crippen LogP contribution is -2.37. The lowest BCUT2D eigenvalue weighted by Gasteiger charge is -2.32. The predicted molar refractivity (Wildman–Crippen MR) is 76.1 cm³/mol. The monoisotopic (exact) mass is 298 g/mol. The standard InChI is InChI=1S/C15H20F2N2O2/c1-21-15(20)10-6-14(12(17)7-11(10)16)19-13-5-3-2-4-9(13)8-18/h6-7,9,13,19H,2-5,8,18H2,1H3. The van der Waals surface area contributed by atoms with Gasteiger partial charge in [-0.15, -0.1) is 0 Å². The first-order valence-electron chi connectivity index (χ1n) is 7.10. The summed E-state index contributed by atoms with van der Waals surface area (Å²) in [5.41, 5.74) is 5.58. The highest BCUT2D eigenvalue weighted by molar-refractivity contribution is 5.90. The van der Waals surface area contributed by atoms with Crippen LogP contribution in [-0.2, 0) is 4.74 Å². The molecule has 0 aromatic heterocycles. The highest BCUT2D eigenvalue weighted by atomic mass is 19.1. The van der Waals surface area contributed by atoms with Gasteiger partial charge in [-0.2, -0.15) is 0 Å². The average Bonchev–Trinajstić information content (AvgIpc) is 2.49. The Morgan fingerprint density at radius 3 is 2.71 bits per heavy atom. The molecule has 0 spiro atoms. The lowest BCUT2D eigenvalue weighted by molar-refractivity contribution is 0.0595. The number of nitrogens with one attached hydrogen (secondary N) is 1. The Morgan fingerprint density at radius 2 is 2.05 bits per heavy atom. The number of carbonyl (C=O) groups is 1. The van der Waals surface area contributed by atoms with Crippen molar-refractivity contribution in [2.24, 2.45) is 11.7 Å². The number of hydrogen-bond acceptors (Lipinski definition) is 4. The quantitative estimate of drug-likeness (QED) is 0.839. The van der Waals surface area contributed by atoms with Crippen molar-refractivity contribution in [3.05, 3.63) is 29.3 Å². The van der Waals surface area contributed by atoms with Crippen LogP contribution in [0.1, 0.15) is 36.0 Å². The van der Waals surface area contributed by atoms with Crippen LogP contribution in [-0.4, -0.2) is 25.7 Å². The molecular formula is C15H20F2N2O2. The largest absolute Gasteiger partial charge is 0.465 e. The van der Waals surface area contributed by atoms with Gasteiger partial charge in [-0.1, -0.05) is 12.8 Å². The SMILES string of the molecule is COC(=O)c1cc(NC2CCCCC2CN)c(F)cc1F. The van der Waals surface area contributed by atoms with E-state index >= 15 is 0 Å². The van der Waals surface area contributed by atoms with Gasteiger partial charge in [-0.3, -0.25) is 0 Å². The summed E-state index contributed by atoms with van der Waals surface area (Å²) in [7, 11) is 1.16. The fourth-order valence-electron chi connectivity index (χ4n) is 2.81. The van der Waals surface area contributed by atoms with Crippen molar-refractivity contribution in [3.63, 3.8) is 0 Å². The number of ether oxygens (including phenoxy) is 1. The molecule has 1 aliphatic carbocycles. The van der Waals surface area contributed by atoms with Crippen LogP contribution in [0.3, 0.4) is 0 Å². The van der Waals surface area contributed by atoms with E-state index in [2.05, 4.69) is 10.1 Å². The van der Waals surface area contributed by atoms with Gasteiger partial charge in [-0.25, -0.2) is 13.6 Å². The van der Waals surface area contributed by atoms with Gasteiger partial charge in [0.15, 0.2) is 0 Å². The Balaban J connectivity index is 2.24. The van der Waals surface area contributed by atoms with Crippen molar-refractivity contribution >= 4 is 11.7 Å². The molecule has 6 heteroatoms. The van der Waals surface area contributed by atoms with Gasteiger partial charge in [0.1, 0.15) is 11.6 Å². The molecule has 0 heterocycles. The van der Waals surface area contributed by atoms with E-state index in [4.69, 9.17) is 5.73 Å². The molecule has 1 aromatic carbocycles. The topological polar surface area (TPSA) is 64.3 Å². The van der Waals surface area contributed by atoms with Crippen LogP contribution in [0.15, 0.2) is 12.1 Å². The van der Waals surface area contributed by atoms with Crippen LogP contribution in [0.4, 0.5) is 14.5 Å². The minimum absolute atomic E-state index is 0.0363. The summed E-state index contributed by atoms with van der Waals surface area (Å²) in [4.78, 5) is 11.5. The molecule has 2 atom stereocenters. The van der Waals surface area contributed by atoms with Crippen LogP contribution >= 0.6 is 0 Å². The first kappa shape index (κ1) is 15.7. The van der Waals surface area contributed by atoms with E-state index < -0.39 is 17.6 Å². The van der Waals surface area contributed by atoms with Gasteiger partial charge in [0.25, 0.3) is 0 Å². The van der Waals surface area contributed by atoms with Gasteiger partial charge < -0.3 is 15.8 Å². The fourth-order valence-corrected chi connectivity index (χ4v) is 2.81. The molecule has 3 N–H and O–H groups in total. The minimum Gasteiger partial charge on any atom is -0.465 e. The first-order valence-corrected chi connectivity index (χ1v) is 7.10. The van der Waals surface area contributed by atoms with Gasteiger partial charge in [0.2, 0.25) is 0 Å². The predicted octanol–water partition coefficient (Wildman–Crippen LogP) is 2.68. The van der Waals surface area contributed by atoms with Crippen molar-refractivity contribution in [1.29, 1.82) is 0 Å². The molecule has 4 nitrogen and oxygen atoms in total. The molecule has 21 heavy (non-hydrogen) atoms. The summed E-state index contributed by atoms with van der Waals surface area (Å²) in [6.07, 6.45) is 4.02. The summed E-state index contributed by atoms with van der Waals surface area (Å²) in [6.45, 7) is 0.518. The van der Waals surface area contributed by atoms with E-state index in [1.54, 1.807) is 0 Å². The average molecular weight is 298 g/mol. The normalized spacial score (nSPS) is 21.9. The Labute approximate surface area is 122 Å². The molecule has 0 aliphatic heterocycles. The molecule has 1 aliphatic rings. The van der Waals surface area contributed by atoms with Crippen molar-refractivity contribution in [2.75, 3.05) is 19.0 Å². The second-order valence-electron chi connectivity index (χ2n) is 5.33. The van der Waals surface area contributed by atoms with Crippen LogP contribution < -0.4 is 11.1 Å². The molecule has 1 aromatic rings. The maximum atomic E-state index is 13.9. The van der Waals surface area contributed by atoms with E-state index in [9.17, 15) is 13.6 Å². The zero-order valence-corrected chi connectivity index (χ0v) is 12.0. The van der Waals surface area contributed by atoms with Gasteiger partial charge in [0.05, 0.1) is 18.4 Å². The van der Waals surface area contributed by atoms with Crippen molar-refractivity contribution in [1.82, 2.24) is 0 Å². The summed E-state index contributed by atoms with van der Waals surface area (Å²) >= 11 is 0. The van der Waals surface area contributed by atoms with Crippen molar-refractivity contribution in [3.8, 4) is 0 Å². The fraction of sp³-hybridized carbons (Fsp3) is 0.533. The van der Waals surface area contributed by atoms with Crippen LogP contribution in [0.25, 0.3) is 0 Å². The van der Waals surface area contributed by atoms with Crippen LogP contribution in [0.2, 0.25) is 0 Å². The molecule has 0 radical (unpaired) electrons. The highest BCUT2D eigenvalue weighted by Gasteiger charge is 2.25. The molecule has 0 amide bonds. The third-order valence-electron chi connectivity index (χ3n) is 4.01. The van der Waals surface area contributed by atoms with Crippen molar-refractivity contribution < 1.29 is 18.3 Å². The number of rotatable bonds is 4. The van der Waals surface area contributed by atoms with Gasteiger partial charge >= 0.3 is 5.97 Å². The number of hydrogen-bond donors (Lipinski definition) is 2. The molecule has 1 fully saturated rings. The Morgan fingerprint density at radius 1 is 1.33 bits per heavy atom. The van der Waals surface area contributed by atoms with E-state index in [1.165, 1.54) is 6.07 Å². The number of carbonyl (C=O) groups excluding carboxylic acids is 1. The second-order valence-corrected chi connectivity index (χ2v) is 5.33. The number of benzene rings is 1. The first-order chi connectivity index (χ1) is 10.1. The third-order valence-corrected chi connectivity index (χ3v) is 4.01. The summed E-state index contributed by atoms with van der Waals surface area (Å²) in [5.74, 6) is -2.22. The number of anilines is 1. The summed E-state index contributed by atoms with van der Waals surface area (Å²) in [5, 5.41) is 3.07. The number of nitrogens with two attached hydrogens (primary N) is 1. The molecule has 0 bridgehead atoms. The second kappa shape index (κ2) is 6.85. The Hall–Kier alpha value is -1.69. The molecule has 116 valence electrons. The molecule has 2 rings (SSSR count). The van der Waals surface area contributed by atoms with Crippen molar-refractivity contribution in [2.45, 2.75) is 31.7 Å². The number of halogens is 2. The summed E-state index contributed by atoms with van der Waals surface area (Å²) in [6, 6.07) is 1.90. The summed E-state index contributed by atoms with van der Waals surface area (Å²) < 4.78 is 32.0. The van der Waals surface area contributed by atoms with Crippen LogP contribution in [0.5, 0.6) is 0 Å². The molecule has 0 saturated heterocycles. The van der Waals surface area contributed by atoms with Gasteiger partial charge in [-0.05, 0) is 31.4 Å². The number of methoxy groups -OCH3 is 1.